The Morgan fingerprint density at radius 3 is 2.23 bits per heavy atom. The number of nitrogens with zero attached hydrogens (tertiary/aromatic N) is 4. The number of nitrogens with one attached hydrogen (secondary N) is 3. The van der Waals surface area contributed by atoms with Gasteiger partial charge in [0.25, 0.3) is 0 Å². The molecule has 2 aromatic heterocycles. The van der Waals surface area contributed by atoms with Gasteiger partial charge in [0.1, 0.15) is 24.4 Å². The molecule has 6 rings (SSSR count). The van der Waals surface area contributed by atoms with E-state index in [4.69, 9.17) is 18.9 Å². The van der Waals surface area contributed by atoms with Gasteiger partial charge < -0.3 is 62.5 Å². The van der Waals surface area contributed by atoms with Crippen LogP contribution in [0.4, 0.5) is 8.63 Å². The zero-order valence-corrected chi connectivity index (χ0v) is 39.4. The first kappa shape index (κ1) is 50.3. The second kappa shape index (κ2) is 22.6. The summed E-state index contributed by atoms with van der Waals surface area (Å²) in [6.07, 6.45) is 2.95. The molecule has 358 valence electrons. The van der Waals surface area contributed by atoms with Crippen LogP contribution in [0.25, 0.3) is 16.5 Å². The fraction of sp³-hybridized carbons (Fsp3) is 0.522. The number of aryl methyl sites for hydroxylation is 2. The number of carbonyl (C=O) groups excluding carboxylic acids is 4. The summed E-state index contributed by atoms with van der Waals surface area (Å²) < 4.78 is 55.4. The highest BCUT2D eigenvalue weighted by Crippen LogP contribution is 2.36. The van der Waals surface area contributed by atoms with Gasteiger partial charge in [0.2, 0.25) is 23.6 Å². The van der Waals surface area contributed by atoms with Gasteiger partial charge in [0, 0.05) is 62.8 Å². The molecule has 0 radical (unpaired) electrons. The summed E-state index contributed by atoms with van der Waals surface area (Å²) in [5.41, 5.74) is 6.60. The number of ether oxygens (including phenoxy) is 4. The molecule has 3 atom stereocenters. The Hall–Kier alpha value is -5.12. The van der Waals surface area contributed by atoms with Crippen molar-refractivity contribution >= 4 is 53.7 Å². The molecule has 0 saturated carbocycles. The van der Waals surface area contributed by atoms with Crippen LogP contribution in [0, 0.1) is 12.3 Å². The lowest BCUT2D eigenvalue weighted by atomic mass is 9.85. The van der Waals surface area contributed by atoms with Gasteiger partial charge in [-0.3, -0.25) is 19.2 Å². The van der Waals surface area contributed by atoms with Crippen LogP contribution >= 0.6 is 11.3 Å². The van der Waals surface area contributed by atoms with Crippen molar-refractivity contribution in [3.8, 4) is 10.4 Å². The van der Waals surface area contributed by atoms with Crippen molar-refractivity contribution < 1.29 is 56.3 Å². The molecule has 16 nitrogen and oxygen atoms in total. The van der Waals surface area contributed by atoms with Gasteiger partial charge in [0.15, 0.2) is 5.70 Å². The lowest BCUT2D eigenvalue weighted by Crippen LogP contribution is -2.58. The number of rotatable bonds is 23. The fourth-order valence-electron chi connectivity index (χ4n) is 8.30. The molecule has 1 fully saturated rings. The zero-order valence-electron chi connectivity index (χ0n) is 38.6. The molecule has 1 saturated heterocycles. The number of hydrogen-bond acceptors (Lipinski definition) is 11. The molecule has 20 heteroatoms. The minimum Gasteiger partial charge on any atom is -0.394 e. The van der Waals surface area contributed by atoms with E-state index >= 15 is 8.63 Å². The van der Waals surface area contributed by atoms with Crippen molar-refractivity contribution in [2.45, 2.75) is 85.5 Å². The SMILES string of the molecule is CC1=CC(C)=[N+]2C1=Cc1ccc(CCC(=O)NCCOCCOCCOCCOCC(=O)N[C@H](C(=O)N3CC(O)C[C@H]3C(=O)NCc3ccc(-c4scnc4C)cc3)C(C)(C)C)n1[B-]2(F)F. The Morgan fingerprint density at radius 1 is 0.909 bits per heavy atom. The van der Waals surface area contributed by atoms with Crippen molar-refractivity contribution in [1.29, 1.82) is 0 Å². The summed E-state index contributed by atoms with van der Waals surface area (Å²) in [6.45, 7) is 8.76. The lowest BCUT2D eigenvalue weighted by Gasteiger charge is -2.35. The van der Waals surface area contributed by atoms with E-state index in [0.29, 0.717) is 42.6 Å². The van der Waals surface area contributed by atoms with Crippen molar-refractivity contribution in [2.75, 3.05) is 65.9 Å². The number of amides is 4. The number of aromatic nitrogens is 2. The first-order valence-corrected chi connectivity index (χ1v) is 23.2. The lowest BCUT2D eigenvalue weighted by molar-refractivity contribution is -0.362. The number of likely N-dealkylation sites (tertiary alicyclic amines) is 1. The highest BCUT2D eigenvalue weighted by Gasteiger charge is 2.53. The van der Waals surface area contributed by atoms with Gasteiger partial charge >= 0.3 is 6.97 Å². The van der Waals surface area contributed by atoms with Crippen molar-refractivity contribution in [2.24, 2.45) is 5.41 Å². The number of β-amino-alcohol motifs (C(OH)–C–C–N with tert-alkyl or cyclic N) is 1. The van der Waals surface area contributed by atoms with E-state index in [9.17, 15) is 24.3 Å². The molecule has 3 aliphatic heterocycles. The van der Waals surface area contributed by atoms with Crippen molar-refractivity contribution in [1.82, 2.24) is 30.3 Å². The van der Waals surface area contributed by atoms with Crippen molar-refractivity contribution in [3.05, 3.63) is 81.9 Å². The second-order valence-electron chi connectivity index (χ2n) is 17.8. The van der Waals surface area contributed by atoms with Gasteiger partial charge in [-0.05, 0) is 54.6 Å². The summed E-state index contributed by atoms with van der Waals surface area (Å²) in [4.78, 5) is 59.4. The predicted octanol–water partition coefficient (Wildman–Crippen LogP) is 3.85. The number of thiazole rings is 1. The Labute approximate surface area is 388 Å². The highest BCUT2D eigenvalue weighted by molar-refractivity contribution is 7.13. The second-order valence-corrected chi connectivity index (χ2v) is 18.6. The third kappa shape index (κ3) is 12.7. The van der Waals surface area contributed by atoms with Gasteiger partial charge in [0.05, 0.1) is 68.4 Å². The molecular weight excluding hydrogens is 875 g/mol. The zero-order chi connectivity index (χ0) is 47.6. The number of aliphatic hydroxyl groups is 1. The minimum absolute atomic E-state index is 0.0312. The number of hydrogen-bond donors (Lipinski definition) is 4. The molecule has 0 bridgehead atoms. The molecule has 3 aliphatic rings. The predicted molar refractivity (Wildman–Crippen MR) is 247 cm³/mol. The minimum atomic E-state index is -4.07. The summed E-state index contributed by atoms with van der Waals surface area (Å²) in [6, 6.07) is 9.26. The quantitative estimate of drug-likeness (QED) is 0.0805. The first-order chi connectivity index (χ1) is 31.4. The first-order valence-electron chi connectivity index (χ1n) is 22.3. The number of halogens is 2. The van der Waals surface area contributed by atoms with Gasteiger partial charge in [-0.2, -0.15) is 0 Å². The maximum atomic E-state index is 15.6. The van der Waals surface area contributed by atoms with E-state index < -0.39 is 42.4 Å². The average molecular weight is 938 g/mol. The van der Waals surface area contributed by atoms with Crippen LogP contribution in [0.3, 0.4) is 0 Å². The molecule has 1 unspecified atom stereocenters. The highest BCUT2D eigenvalue weighted by atomic mass is 32.1. The van der Waals surface area contributed by atoms with E-state index in [1.165, 1.54) is 4.90 Å². The van der Waals surface area contributed by atoms with E-state index in [-0.39, 0.29) is 83.7 Å². The molecule has 66 heavy (non-hydrogen) atoms. The topological polar surface area (TPSA) is 186 Å². The van der Waals surface area contributed by atoms with Gasteiger partial charge in [-0.1, -0.05) is 45.0 Å². The number of carbonyl (C=O) groups is 4. The van der Waals surface area contributed by atoms with E-state index in [0.717, 1.165) is 36.2 Å². The summed E-state index contributed by atoms with van der Waals surface area (Å²) >= 11 is 1.56. The van der Waals surface area contributed by atoms with Gasteiger partial charge in [-0.15, -0.1) is 11.3 Å². The smallest absolute Gasteiger partial charge is 0.394 e. The van der Waals surface area contributed by atoms with E-state index in [1.807, 2.05) is 58.9 Å². The van der Waals surface area contributed by atoms with Crippen LogP contribution in [0.5, 0.6) is 0 Å². The third-order valence-corrected chi connectivity index (χ3v) is 12.6. The number of aliphatic hydroxyl groups excluding tert-OH is 1. The van der Waals surface area contributed by atoms with Crippen LogP contribution in [0.15, 0.2) is 59.3 Å². The molecule has 0 spiro atoms. The fourth-order valence-corrected chi connectivity index (χ4v) is 9.11. The van der Waals surface area contributed by atoms with Crippen molar-refractivity contribution in [3.63, 3.8) is 0 Å². The maximum Gasteiger partial charge on any atom is 0.737 e. The summed E-state index contributed by atoms with van der Waals surface area (Å²) in [5, 5.41) is 19.0. The van der Waals surface area contributed by atoms with Gasteiger partial charge in [-0.25, -0.2) is 4.98 Å². The standard InChI is InChI=1S/C46H62BF2N7O9S/c1-30-23-31(2)55-38(30)24-36-12-11-35(56(36)47(55,48)49)13-14-40(58)50-15-16-62-17-18-63-19-20-64-21-22-65-28-41(59)53-43(46(4,5)6)45(61)54-27-37(57)25-39(54)44(60)51-26-33-7-9-34(10-8-33)42-32(3)52-29-66-42/h7-12,23-24,29,37,39,43,57H,13-22,25-28H2,1-6H3,(H,50,58)(H,51,60)(H,53,59)/t37?,39-,43+/m0/s1. The van der Waals surface area contributed by atoms with E-state index in [2.05, 4.69) is 20.9 Å². The third-order valence-electron chi connectivity index (χ3n) is 11.6. The number of fused-ring (bicyclic) bond motifs is 2. The molecule has 3 aromatic rings. The van der Waals surface area contributed by atoms with E-state index in [1.54, 1.807) is 48.1 Å². The molecular formula is C46H62BF2N7O9S. The molecule has 5 heterocycles. The molecule has 1 aromatic carbocycles. The Bertz CT molecular complexity index is 2310. The molecule has 4 N–H and O–H groups in total. The van der Waals surface area contributed by atoms with Crippen LogP contribution in [0.2, 0.25) is 0 Å². The average Bonchev–Trinajstić information content (AvgIpc) is 4.06. The maximum absolute atomic E-state index is 15.6. The molecule has 0 aliphatic carbocycles. The monoisotopic (exact) mass is 937 g/mol. The Morgan fingerprint density at radius 2 is 1.58 bits per heavy atom. The molecule has 4 amide bonds. The summed E-state index contributed by atoms with van der Waals surface area (Å²) in [7, 11) is 0. The van der Waals surface area contributed by atoms with Crippen LogP contribution in [-0.2, 0) is 51.1 Å². The number of allylic oxidation sites excluding steroid dienone is 2. The summed E-state index contributed by atoms with van der Waals surface area (Å²) in [5.74, 6) is -1.61. The number of benzene rings is 1. The van der Waals surface area contributed by atoms with Crippen LogP contribution in [-0.4, -0.2) is 144 Å². The Balaban J connectivity index is 0.794. The van der Waals surface area contributed by atoms with Crippen LogP contribution < -0.4 is 16.0 Å². The largest absolute Gasteiger partial charge is 0.737 e. The normalized spacial score (nSPS) is 18.1. The Kier molecular flexibility index (Phi) is 17.2. The van der Waals surface area contributed by atoms with Crippen LogP contribution in [0.1, 0.15) is 70.1 Å².